The van der Waals surface area contributed by atoms with E-state index in [0.717, 1.165) is 57.0 Å². The predicted molar refractivity (Wildman–Crippen MR) is 111 cm³/mol. The van der Waals surface area contributed by atoms with Gasteiger partial charge in [-0.1, -0.05) is 36.4 Å². The van der Waals surface area contributed by atoms with Crippen LogP contribution in [0.1, 0.15) is 5.56 Å². The number of hydrogen-bond acceptors (Lipinski definition) is 5. The molecule has 2 aromatic carbocycles. The standard InChI is InChI=1S/C22H26N4O2/c1-28-14-13-25-9-11-26(12-10-25)16-17-7-8-19-20(15-17)23-21(24-22(19)27)18-5-3-2-4-6-18/h2-8,15H,9-14,16H2,1H3,(H,23,24,27). The van der Waals surface area contributed by atoms with Crippen LogP contribution < -0.4 is 5.56 Å². The fourth-order valence-electron chi connectivity index (χ4n) is 3.67. The number of piperazine rings is 1. The molecule has 4 rings (SSSR count). The highest BCUT2D eigenvalue weighted by Crippen LogP contribution is 2.18. The summed E-state index contributed by atoms with van der Waals surface area (Å²) in [6, 6.07) is 15.7. The zero-order valence-electron chi connectivity index (χ0n) is 16.2. The van der Waals surface area contributed by atoms with Gasteiger partial charge in [-0.3, -0.25) is 14.6 Å². The maximum absolute atomic E-state index is 12.5. The summed E-state index contributed by atoms with van der Waals surface area (Å²) < 4.78 is 5.17. The zero-order chi connectivity index (χ0) is 19.3. The highest BCUT2D eigenvalue weighted by molar-refractivity contribution is 5.80. The number of ether oxygens (including phenoxy) is 1. The minimum atomic E-state index is -0.0952. The molecule has 0 saturated carbocycles. The molecule has 6 heteroatoms. The summed E-state index contributed by atoms with van der Waals surface area (Å²) >= 11 is 0. The Labute approximate surface area is 164 Å². The monoisotopic (exact) mass is 378 g/mol. The van der Waals surface area contributed by atoms with Crippen LogP contribution in [0, 0.1) is 0 Å². The summed E-state index contributed by atoms with van der Waals surface area (Å²) in [4.78, 5) is 25.0. The number of fused-ring (bicyclic) bond motifs is 1. The average molecular weight is 378 g/mol. The molecule has 0 unspecified atom stereocenters. The van der Waals surface area contributed by atoms with Crippen LogP contribution in [0.15, 0.2) is 53.3 Å². The van der Waals surface area contributed by atoms with Gasteiger partial charge in [-0.25, -0.2) is 4.98 Å². The van der Waals surface area contributed by atoms with E-state index in [2.05, 4.69) is 14.8 Å². The van der Waals surface area contributed by atoms with Crippen molar-refractivity contribution in [3.63, 3.8) is 0 Å². The molecule has 2 heterocycles. The largest absolute Gasteiger partial charge is 0.383 e. The lowest BCUT2D eigenvalue weighted by molar-refractivity contribution is 0.0938. The highest BCUT2D eigenvalue weighted by Gasteiger charge is 2.17. The molecule has 1 saturated heterocycles. The van der Waals surface area contributed by atoms with E-state index in [9.17, 15) is 4.79 Å². The molecule has 146 valence electrons. The zero-order valence-corrected chi connectivity index (χ0v) is 16.2. The molecule has 3 aromatic rings. The Kier molecular flexibility index (Phi) is 5.81. The van der Waals surface area contributed by atoms with Gasteiger partial charge in [0.2, 0.25) is 0 Å². The molecule has 0 bridgehead atoms. The number of rotatable bonds is 6. The van der Waals surface area contributed by atoms with Crippen LogP contribution in [0.3, 0.4) is 0 Å². The van der Waals surface area contributed by atoms with Crippen molar-refractivity contribution in [1.82, 2.24) is 19.8 Å². The first-order valence-electron chi connectivity index (χ1n) is 9.75. The molecule has 0 spiro atoms. The van der Waals surface area contributed by atoms with Gasteiger partial charge in [0.1, 0.15) is 5.82 Å². The Bertz CT molecular complexity index is 979. The second-order valence-electron chi connectivity index (χ2n) is 7.24. The van der Waals surface area contributed by atoms with Crippen LogP contribution in [0.2, 0.25) is 0 Å². The van der Waals surface area contributed by atoms with Gasteiger partial charge in [0.05, 0.1) is 17.5 Å². The third kappa shape index (κ3) is 4.30. The summed E-state index contributed by atoms with van der Waals surface area (Å²) in [5.41, 5.74) is 2.76. The van der Waals surface area contributed by atoms with E-state index in [1.165, 1.54) is 5.56 Å². The average Bonchev–Trinajstić information content (AvgIpc) is 2.73. The molecule has 28 heavy (non-hydrogen) atoms. The van der Waals surface area contributed by atoms with Crippen molar-refractivity contribution < 1.29 is 4.74 Å². The van der Waals surface area contributed by atoms with Crippen LogP contribution in [0.25, 0.3) is 22.3 Å². The lowest BCUT2D eigenvalue weighted by Gasteiger charge is -2.34. The van der Waals surface area contributed by atoms with Crippen molar-refractivity contribution in [1.29, 1.82) is 0 Å². The minimum absolute atomic E-state index is 0.0952. The smallest absolute Gasteiger partial charge is 0.259 e. The van der Waals surface area contributed by atoms with E-state index < -0.39 is 0 Å². The van der Waals surface area contributed by atoms with Crippen molar-refractivity contribution in [2.75, 3.05) is 46.4 Å². The van der Waals surface area contributed by atoms with Crippen molar-refractivity contribution in [3.8, 4) is 11.4 Å². The molecule has 1 aliphatic rings. The molecule has 0 atom stereocenters. The fourth-order valence-corrected chi connectivity index (χ4v) is 3.67. The lowest BCUT2D eigenvalue weighted by atomic mass is 10.1. The first-order valence-corrected chi connectivity index (χ1v) is 9.75. The van der Waals surface area contributed by atoms with Gasteiger partial charge in [-0.05, 0) is 17.7 Å². The first-order chi connectivity index (χ1) is 13.7. The number of aromatic nitrogens is 2. The summed E-state index contributed by atoms with van der Waals surface area (Å²) in [5.74, 6) is 0.613. The van der Waals surface area contributed by atoms with Gasteiger partial charge in [-0.2, -0.15) is 0 Å². The minimum Gasteiger partial charge on any atom is -0.383 e. The predicted octanol–water partition coefficient (Wildman–Crippen LogP) is 2.35. The molecular weight excluding hydrogens is 352 g/mol. The number of nitrogens with zero attached hydrogens (tertiary/aromatic N) is 3. The van der Waals surface area contributed by atoms with E-state index >= 15 is 0 Å². The third-order valence-corrected chi connectivity index (χ3v) is 5.30. The molecule has 0 aliphatic carbocycles. The summed E-state index contributed by atoms with van der Waals surface area (Å²) in [6.07, 6.45) is 0. The molecule has 1 fully saturated rings. The van der Waals surface area contributed by atoms with Crippen LogP contribution in [0.4, 0.5) is 0 Å². The summed E-state index contributed by atoms with van der Waals surface area (Å²) in [6.45, 7) is 6.87. The van der Waals surface area contributed by atoms with Crippen molar-refractivity contribution in [3.05, 3.63) is 64.4 Å². The Morgan fingerprint density at radius 3 is 2.54 bits per heavy atom. The van der Waals surface area contributed by atoms with Crippen LogP contribution in [-0.4, -0.2) is 66.2 Å². The lowest BCUT2D eigenvalue weighted by Crippen LogP contribution is -2.46. The maximum Gasteiger partial charge on any atom is 0.259 e. The molecule has 0 amide bonds. The normalized spacial score (nSPS) is 15.9. The van der Waals surface area contributed by atoms with Gasteiger partial charge in [0, 0.05) is 51.9 Å². The third-order valence-electron chi connectivity index (χ3n) is 5.30. The number of methoxy groups -OCH3 is 1. The molecular formula is C22H26N4O2. The molecule has 1 aliphatic heterocycles. The van der Waals surface area contributed by atoms with Crippen LogP contribution >= 0.6 is 0 Å². The second kappa shape index (κ2) is 8.65. The SMILES string of the molecule is COCCN1CCN(Cc2ccc3c(=O)[nH]c(-c4ccccc4)nc3c2)CC1. The number of H-pyrrole nitrogens is 1. The Morgan fingerprint density at radius 2 is 1.79 bits per heavy atom. The first kappa shape index (κ1) is 18.8. The Balaban J connectivity index is 1.51. The second-order valence-corrected chi connectivity index (χ2v) is 7.24. The topological polar surface area (TPSA) is 61.5 Å². The summed E-state index contributed by atoms with van der Waals surface area (Å²) in [5, 5.41) is 0.632. The quantitative estimate of drug-likeness (QED) is 0.714. The van der Waals surface area contributed by atoms with Crippen molar-refractivity contribution in [2.24, 2.45) is 0 Å². The number of benzene rings is 2. The Morgan fingerprint density at radius 1 is 1.04 bits per heavy atom. The maximum atomic E-state index is 12.5. The van der Waals surface area contributed by atoms with Crippen molar-refractivity contribution >= 4 is 10.9 Å². The van der Waals surface area contributed by atoms with E-state index in [-0.39, 0.29) is 5.56 Å². The van der Waals surface area contributed by atoms with Crippen LogP contribution in [0.5, 0.6) is 0 Å². The van der Waals surface area contributed by atoms with Gasteiger partial charge in [0.15, 0.2) is 0 Å². The van der Waals surface area contributed by atoms with Gasteiger partial charge >= 0.3 is 0 Å². The highest BCUT2D eigenvalue weighted by atomic mass is 16.5. The summed E-state index contributed by atoms with van der Waals surface area (Å²) in [7, 11) is 1.75. The van der Waals surface area contributed by atoms with Crippen molar-refractivity contribution in [2.45, 2.75) is 6.54 Å². The van der Waals surface area contributed by atoms with Crippen LogP contribution in [-0.2, 0) is 11.3 Å². The van der Waals surface area contributed by atoms with E-state index in [4.69, 9.17) is 9.72 Å². The number of nitrogens with one attached hydrogen (secondary N) is 1. The molecule has 0 radical (unpaired) electrons. The number of hydrogen-bond donors (Lipinski definition) is 1. The van der Waals surface area contributed by atoms with E-state index in [1.54, 1.807) is 7.11 Å². The number of aromatic amines is 1. The van der Waals surface area contributed by atoms with Gasteiger partial charge in [-0.15, -0.1) is 0 Å². The fraction of sp³-hybridized carbons (Fsp3) is 0.364. The molecule has 1 N–H and O–H groups in total. The van der Waals surface area contributed by atoms with E-state index in [1.807, 2.05) is 48.5 Å². The van der Waals surface area contributed by atoms with Gasteiger partial charge in [0.25, 0.3) is 5.56 Å². The van der Waals surface area contributed by atoms with E-state index in [0.29, 0.717) is 11.2 Å². The Hall–Kier alpha value is -2.54. The van der Waals surface area contributed by atoms with Gasteiger partial charge < -0.3 is 9.72 Å². The molecule has 1 aromatic heterocycles. The molecule has 6 nitrogen and oxygen atoms in total.